The first kappa shape index (κ1) is 13.8. The molecule has 1 aliphatic rings. The maximum Gasteiger partial charge on any atom is 0.0951 e. The lowest BCUT2D eigenvalue weighted by molar-refractivity contribution is 0.382. The standard InChI is InChI=1S/C16H23N3S/c1-12(9-14-7-6-13(2)20-14)19-11-17-10-16(19)15-5-3-4-8-18-15/h6-7,10-12,15,18H,3-5,8-9H2,1-2H3. The Morgan fingerprint density at radius 3 is 3.05 bits per heavy atom. The summed E-state index contributed by atoms with van der Waals surface area (Å²) in [7, 11) is 0. The van der Waals surface area contributed by atoms with Crippen LogP contribution in [0.3, 0.4) is 0 Å². The van der Waals surface area contributed by atoms with Crippen LogP contribution in [0.5, 0.6) is 0 Å². The van der Waals surface area contributed by atoms with Gasteiger partial charge in [0.1, 0.15) is 0 Å². The predicted molar refractivity (Wildman–Crippen MR) is 84.3 cm³/mol. The summed E-state index contributed by atoms with van der Waals surface area (Å²) in [5, 5.41) is 3.63. The van der Waals surface area contributed by atoms with Gasteiger partial charge in [0.15, 0.2) is 0 Å². The van der Waals surface area contributed by atoms with E-state index in [9.17, 15) is 0 Å². The summed E-state index contributed by atoms with van der Waals surface area (Å²) in [6, 6.07) is 5.42. The molecule has 0 radical (unpaired) electrons. The number of aromatic nitrogens is 2. The lowest BCUT2D eigenvalue weighted by atomic mass is 10.0. The van der Waals surface area contributed by atoms with Gasteiger partial charge < -0.3 is 9.88 Å². The Kier molecular flexibility index (Phi) is 4.22. The smallest absolute Gasteiger partial charge is 0.0951 e. The van der Waals surface area contributed by atoms with Gasteiger partial charge >= 0.3 is 0 Å². The molecule has 3 rings (SSSR count). The van der Waals surface area contributed by atoms with Crippen LogP contribution in [0.25, 0.3) is 0 Å². The van der Waals surface area contributed by atoms with Gasteiger partial charge in [0, 0.05) is 34.5 Å². The van der Waals surface area contributed by atoms with Crippen molar-refractivity contribution in [2.45, 2.75) is 51.6 Å². The van der Waals surface area contributed by atoms with E-state index in [2.05, 4.69) is 40.8 Å². The van der Waals surface area contributed by atoms with E-state index in [4.69, 9.17) is 0 Å². The number of rotatable bonds is 4. The number of nitrogens with zero attached hydrogens (tertiary/aromatic N) is 2. The summed E-state index contributed by atoms with van der Waals surface area (Å²) < 4.78 is 2.36. The molecule has 3 heterocycles. The average molecular weight is 289 g/mol. The van der Waals surface area contributed by atoms with E-state index in [1.807, 2.05) is 23.9 Å². The second-order valence-corrected chi connectivity index (χ2v) is 7.17. The second kappa shape index (κ2) is 6.10. The Morgan fingerprint density at radius 2 is 2.35 bits per heavy atom. The highest BCUT2D eigenvalue weighted by Crippen LogP contribution is 2.27. The number of hydrogen-bond donors (Lipinski definition) is 1. The highest BCUT2D eigenvalue weighted by Gasteiger charge is 2.20. The molecule has 1 fully saturated rings. The van der Waals surface area contributed by atoms with Crippen LogP contribution in [0, 0.1) is 6.92 Å². The van der Waals surface area contributed by atoms with Crippen molar-refractivity contribution in [1.82, 2.24) is 14.9 Å². The first-order valence-corrected chi connectivity index (χ1v) is 8.36. The Bertz CT molecular complexity index is 552. The highest BCUT2D eigenvalue weighted by molar-refractivity contribution is 7.11. The number of imidazole rings is 1. The third-order valence-electron chi connectivity index (χ3n) is 4.13. The first-order chi connectivity index (χ1) is 9.74. The van der Waals surface area contributed by atoms with Gasteiger partial charge in [-0.25, -0.2) is 4.98 Å². The van der Waals surface area contributed by atoms with Crippen molar-refractivity contribution in [1.29, 1.82) is 0 Å². The van der Waals surface area contributed by atoms with Crippen molar-refractivity contribution in [2.24, 2.45) is 0 Å². The van der Waals surface area contributed by atoms with Crippen molar-refractivity contribution in [3.63, 3.8) is 0 Å². The van der Waals surface area contributed by atoms with Gasteiger partial charge in [-0.15, -0.1) is 11.3 Å². The summed E-state index contributed by atoms with van der Waals surface area (Å²) in [6.45, 7) is 5.60. The van der Waals surface area contributed by atoms with Crippen LogP contribution >= 0.6 is 11.3 Å². The van der Waals surface area contributed by atoms with Crippen LogP contribution in [0.15, 0.2) is 24.7 Å². The maximum absolute atomic E-state index is 4.39. The Hall–Kier alpha value is -1.13. The Labute approximate surface area is 125 Å². The fourth-order valence-corrected chi connectivity index (χ4v) is 4.05. The zero-order valence-electron chi connectivity index (χ0n) is 12.3. The van der Waals surface area contributed by atoms with Gasteiger partial charge in [-0.3, -0.25) is 0 Å². The van der Waals surface area contributed by atoms with E-state index in [0.717, 1.165) is 13.0 Å². The zero-order valence-corrected chi connectivity index (χ0v) is 13.1. The van der Waals surface area contributed by atoms with Crippen LogP contribution in [-0.2, 0) is 6.42 Å². The molecule has 1 aliphatic heterocycles. The normalized spacial score (nSPS) is 21.0. The minimum Gasteiger partial charge on any atom is -0.330 e. The van der Waals surface area contributed by atoms with Crippen molar-refractivity contribution in [3.05, 3.63) is 40.1 Å². The lowest BCUT2D eigenvalue weighted by Gasteiger charge is -2.26. The number of hydrogen-bond acceptors (Lipinski definition) is 3. The molecular weight excluding hydrogens is 266 g/mol. The summed E-state index contributed by atoms with van der Waals surface area (Å²) in [6.07, 6.45) is 8.98. The summed E-state index contributed by atoms with van der Waals surface area (Å²) in [5.41, 5.74) is 1.35. The van der Waals surface area contributed by atoms with Gasteiger partial charge in [-0.1, -0.05) is 6.42 Å². The minimum absolute atomic E-state index is 0.467. The summed E-state index contributed by atoms with van der Waals surface area (Å²) >= 11 is 1.91. The molecule has 0 saturated carbocycles. The predicted octanol–water partition coefficient (Wildman–Crippen LogP) is 3.87. The third-order valence-corrected chi connectivity index (χ3v) is 5.15. The second-order valence-electron chi connectivity index (χ2n) is 5.79. The summed E-state index contributed by atoms with van der Waals surface area (Å²) in [4.78, 5) is 7.25. The van der Waals surface area contributed by atoms with Gasteiger partial charge in [0.2, 0.25) is 0 Å². The average Bonchev–Trinajstić information content (AvgIpc) is 3.09. The molecule has 2 unspecified atom stereocenters. The molecule has 2 atom stereocenters. The fourth-order valence-electron chi connectivity index (χ4n) is 3.04. The molecule has 1 saturated heterocycles. The molecule has 2 aromatic rings. The van der Waals surface area contributed by atoms with Crippen LogP contribution < -0.4 is 5.32 Å². The number of piperidine rings is 1. The summed E-state index contributed by atoms with van der Waals surface area (Å²) in [5.74, 6) is 0. The monoisotopic (exact) mass is 289 g/mol. The minimum atomic E-state index is 0.467. The SMILES string of the molecule is Cc1ccc(CC(C)n2cncc2C2CCCCN2)s1. The zero-order chi connectivity index (χ0) is 13.9. The van der Waals surface area contributed by atoms with Gasteiger partial charge in [0.25, 0.3) is 0 Å². The Balaban J connectivity index is 1.74. The molecule has 0 amide bonds. The van der Waals surface area contributed by atoms with Crippen molar-refractivity contribution < 1.29 is 0 Å². The van der Waals surface area contributed by atoms with Gasteiger partial charge in [-0.05, 0) is 45.4 Å². The fraction of sp³-hybridized carbons (Fsp3) is 0.562. The van der Waals surface area contributed by atoms with E-state index in [0.29, 0.717) is 12.1 Å². The van der Waals surface area contributed by atoms with E-state index in [1.165, 1.54) is 34.7 Å². The molecule has 2 aromatic heterocycles. The molecule has 0 aliphatic carbocycles. The van der Waals surface area contributed by atoms with E-state index in [-0.39, 0.29) is 0 Å². The molecule has 1 N–H and O–H groups in total. The van der Waals surface area contributed by atoms with Crippen molar-refractivity contribution >= 4 is 11.3 Å². The largest absolute Gasteiger partial charge is 0.330 e. The number of thiophene rings is 1. The highest BCUT2D eigenvalue weighted by atomic mass is 32.1. The number of aryl methyl sites for hydroxylation is 1. The Morgan fingerprint density at radius 1 is 1.45 bits per heavy atom. The van der Waals surface area contributed by atoms with Crippen molar-refractivity contribution in [2.75, 3.05) is 6.54 Å². The topological polar surface area (TPSA) is 29.9 Å². The van der Waals surface area contributed by atoms with Gasteiger partial charge in [0.05, 0.1) is 12.0 Å². The molecule has 0 spiro atoms. The van der Waals surface area contributed by atoms with E-state index >= 15 is 0 Å². The van der Waals surface area contributed by atoms with Crippen LogP contribution in [0.2, 0.25) is 0 Å². The van der Waals surface area contributed by atoms with Crippen LogP contribution in [0.4, 0.5) is 0 Å². The molecule has 0 aromatic carbocycles. The lowest BCUT2D eigenvalue weighted by Crippen LogP contribution is -2.29. The molecule has 0 bridgehead atoms. The first-order valence-electron chi connectivity index (χ1n) is 7.54. The van der Waals surface area contributed by atoms with Crippen LogP contribution in [-0.4, -0.2) is 16.1 Å². The van der Waals surface area contributed by atoms with E-state index in [1.54, 1.807) is 0 Å². The third kappa shape index (κ3) is 2.96. The molecule has 20 heavy (non-hydrogen) atoms. The van der Waals surface area contributed by atoms with Crippen molar-refractivity contribution in [3.8, 4) is 0 Å². The quantitative estimate of drug-likeness (QED) is 0.926. The molecule has 108 valence electrons. The number of nitrogens with one attached hydrogen (secondary N) is 1. The maximum atomic E-state index is 4.39. The molecule has 3 nitrogen and oxygen atoms in total. The molecular formula is C16H23N3S. The van der Waals surface area contributed by atoms with Crippen LogP contribution in [0.1, 0.15) is 53.7 Å². The van der Waals surface area contributed by atoms with Gasteiger partial charge in [-0.2, -0.15) is 0 Å². The van der Waals surface area contributed by atoms with E-state index < -0.39 is 0 Å². The molecule has 4 heteroatoms.